The highest BCUT2D eigenvalue weighted by Gasteiger charge is 2.03. The molecule has 1 aromatic rings. The number of carbonyl (C=O) groups is 1. The molecule has 0 unspecified atom stereocenters. The van der Waals surface area contributed by atoms with Gasteiger partial charge in [-0.25, -0.2) is 0 Å². The van der Waals surface area contributed by atoms with E-state index in [0.29, 0.717) is 13.2 Å². The average molecular weight is 213 g/mol. The zero-order valence-electron chi connectivity index (χ0n) is 8.29. The van der Waals surface area contributed by atoms with Gasteiger partial charge in [-0.15, -0.1) is 0 Å². The fraction of sp³-hybridized carbons (Fsp3) is 0.500. The summed E-state index contributed by atoms with van der Waals surface area (Å²) in [6.07, 6.45) is 0.865. The molecule has 1 aromatic heterocycles. The number of thiophene rings is 1. The molecule has 1 rings (SSSR count). The number of amides is 1. The van der Waals surface area contributed by atoms with Crippen molar-refractivity contribution in [2.75, 3.05) is 19.8 Å². The van der Waals surface area contributed by atoms with Crippen molar-refractivity contribution < 1.29 is 9.53 Å². The number of hydrogen-bond donors (Lipinski definition) is 1. The van der Waals surface area contributed by atoms with Crippen molar-refractivity contribution in [3.63, 3.8) is 0 Å². The average Bonchev–Trinajstić information content (AvgIpc) is 2.70. The Morgan fingerprint density at radius 2 is 2.50 bits per heavy atom. The van der Waals surface area contributed by atoms with Gasteiger partial charge in [-0.1, -0.05) is 0 Å². The van der Waals surface area contributed by atoms with Gasteiger partial charge in [-0.2, -0.15) is 11.3 Å². The Morgan fingerprint density at radius 3 is 3.14 bits per heavy atom. The number of rotatable bonds is 6. The molecule has 0 spiro atoms. The lowest BCUT2D eigenvalue weighted by atomic mass is 10.3. The summed E-state index contributed by atoms with van der Waals surface area (Å²) in [6, 6.07) is 1.82. The lowest BCUT2D eigenvalue weighted by molar-refractivity contribution is 0.0944. The first-order valence-electron chi connectivity index (χ1n) is 4.72. The van der Waals surface area contributed by atoms with Crippen LogP contribution in [0.2, 0.25) is 0 Å². The fourth-order valence-electron chi connectivity index (χ4n) is 1.02. The van der Waals surface area contributed by atoms with Crippen LogP contribution >= 0.6 is 11.3 Å². The molecule has 0 saturated carbocycles. The second-order valence-electron chi connectivity index (χ2n) is 2.82. The van der Waals surface area contributed by atoms with Crippen LogP contribution in [0.25, 0.3) is 0 Å². The van der Waals surface area contributed by atoms with Crippen LogP contribution in [0, 0.1) is 0 Å². The van der Waals surface area contributed by atoms with Crippen molar-refractivity contribution in [2.45, 2.75) is 13.3 Å². The Hall–Kier alpha value is -0.870. The standard InChI is InChI=1S/C10H15NO2S/c1-2-13-6-3-5-11-10(12)9-4-7-14-8-9/h4,7-8H,2-3,5-6H2,1H3,(H,11,12). The molecule has 0 saturated heterocycles. The van der Waals surface area contributed by atoms with Gasteiger partial charge in [-0.05, 0) is 24.8 Å². The maximum absolute atomic E-state index is 11.4. The molecule has 0 bridgehead atoms. The first kappa shape index (κ1) is 11.2. The number of hydrogen-bond acceptors (Lipinski definition) is 3. The number of nitrogens with one attached hydrogen (secondary N) is 1. The lowest BCUT2D eigenvalue weighted by Gasteiger charge is -2.03. The molecular formula is C10H15NO2S. The summed E-state index contributed by atoms with van der Waals surface area (Å²) in [5.41, 5.74) is 0.742. The van der Waals surface area contributed by atoms with Gasteiger partial charge in [0.1, 0.15) is 0 Å². The number of ether oxygens (including phenoxy) is 1. The summed E-state index contributed by atoms with van der Waals surface area (Å²) in [6.45, 7) is 4.08. The van der Waals surface area contributed by atoms with E-state index < -0.39 is 0 Å². The van der Waals surface area contributed by atoms with Gasteiger partial charge in [0, 0.05) is 30.7 Å². The van der Waals surface area contributed by atoms with Crippen molar-refractivity contribution in [1.82, 2.24) is 5.32 Å². The molecule has 0 atom stereocenters. The maximum Gasteiger partial charge on any atom is 0.252 e. The first-order valence-corrected chi connectivity index (χ1v) is 5.67. The van der Waals surface area contributed by atoms with Crippen molar-refractivity contribution in [2.24, 2.45) is 0 Å². The fourth-order valence-corrected chi connectivity index (χ4v) is 1.65. The predicted molar refractivity (Wildman–Crippen MR) is 57.8 cm³/mol. The van der Waals surface area contributed by atoms with Gasteiger partial charge in [0.2, 0.25) is 0 Å². The molecule has 0 fully saturated rings. The third-order valence-electron chi connectivity index (χ3n) is 1.74. The number of carbonyl (C=O) groups excluding carboxylic acids is 1. The second-order valence-corrected chi connectivity index (χ2v) is 3.60. The predicted octanol–water partition coefficient (Wildman–Crippen LogP) is 1.90. The van der Waals surface area contributed by atoms with Crippen LogP contribution < -0.4 is 5.32 Å². The molecule has 0 aliphatic carbocycles. The van der Waals surface area contributed by atoms with Crippen LogP contribution in [0.15, 0.2) is 16.8 Å². The molecule has 0 radical (unpaired) electrons. The molecule has 1 N–H and O–H groups in total. The summed E-state index contributed by atoms with van der Waals surface area (Å²) < 4.78 is 5.16. The molecular weight excluding hydrogens is 198 g/mol. The molecule has 0 aromatic carbocycles. The van der Waals surface area contributed by atoms with Gasteiger partial charge >= 0.3 is 0 Å². The maximum atomic E-state index is 11.4. The van der Waals surface area contributed by atoms with Crippen molar-refractivity contribution in [3.05, 3.63) is 22.4 Å². The Bertz CT molecular complexity index is 259. The smallest absolute Gasteiger partial charge is 0.252 e. The summed E-state index contributed by atoms with van der Waals surface area (Å²) >= 11 is 1.53. The van der Waals surface area contributed by atoms with Gasteiger partial charge < -0.3 is 10.1 Å². The van der Waals surface area contributed by atoms with Crippen LogP contribution in [0.5, 0.6) is 0 Å². The van der Waals surface area contributed by atoms with E-state index in [1.807, 2.05) is 23.8 Å². The van der Waals surface area contributed by atoms with Crippen molar-refractivity contribution >= 4 is 17.2 Å². The zero-order chi connectivity index (χ0) is 10.2. The van der Waals surface area contributed by atoms with Crippen molar-refractivity contribution in [3.8, 4) is 0 Å². The minimum absolute atomic E-state index is 0.00254. The highest BCUT2D eigenvalue weighted by molar-refractivity contribution is 7.08. The van der Waals surface area contributed by atoms with E-state index in [0.717, 1.165) is 18.6 Å². The van der Waals surface area contributed by atoms with E-state index in [-0.39, 0.29) is 5.91 Å². The second kappa shape index (κ2) is 6.56. The SMILES string of the molecule is CCOCCCNC(=O)c1ccsc1. The quantitative estimate of drug-likeness (QED) is 0.733. The topological polar surface area (TPSA) is 38.3 Å². The Kier molecular flexibility index (Phi) is 5.25. The van der Waals surface area contributed by atoms with Crippen LogP contribution in [-0.2, 0) is 4.74 Å². The van der Waals surface area contributed by atoms with E-state index in [4.69, 9.17) is 4.74 Å². The molecule has 1 heterocycles. The van der Waals surface area contributed by atoms with Crippen molar-refractivity contribution in [1.29, 1.82) is 0 Å². The Labute approximate surface area is 88.1 Å². The summed E-state index contributed by atoms with van der Waals surface area (Å²) in [5.74, 6) is 0.00254. The monoisotopic (exact) mass is 213 g/mol. The van der Waals surface area contributed by atoms with E-state index >= 15 is 0 Å². The van der Waals surface area contributed by atoms with E-state index in [2.05, 4.69) is 5.32 Å². The summed E-state index contributed by atoms with van der Waals surface area (Å²) in [7, 11) is 0. The highest BCUT2D eigenvalue weighted by Crippen LogP contribution is 2.04. The Balaban J connectivity index is 2.10. The largest absolute Gasteiger partial charge is 0.382 e. The normalized spacial score (nSPS) is 10.1. The van der Waals surface area contributed by atoms with Gasteiger partial charge in [0.15, 0.2) is 0 Å². The molecule has 78 valence electrons. The first-order chi connectivity index (χ1) is 6.84. The molecule has 3 nitrogen and oxygen atoms in total. The lowest BCUT2D eigenvalue weighted by Crippen LogP contribution is -2.24. The molecule has 0 aliphatic heterocycles. The van der Waals surface area contributed by atoms with Gasteiger partial charge in [0.05, 0.1) is 0 Å². The molecule has 0 aliphatic rings. The minimum atomic E-state index is 0.00254. The van der Waals surface area contributed by atoms with Crippen LogP contribution in [0.4, 0.5) is 0 Å². The van der Waals surface area contributed by atoms with Gasteiger partial charge in [0.25, 0.3) is 5.91 Å². The van der Waals surface area contributed by atoms with Gasteiger partial charge in [-0.3, -0.25) is 4.79 Å². The Morgan fingerprint density at radius 1 is 1.64 bits per heavy atom. The van der Waals surface area contributed by atoms with E-state index in [1.165, 1.54) is 11.3 Å². The van der Waals surface area contributed by atoms with E-state index in [1.54, 1.807) is 0 Å². The zero-order valence-corrected chi connectivity index (χ0v) is 9.10. The molecule has 1 amide bonds. The molecule has 4 heteroatoms. The van der Waals surface area contributed by atoms with Crippen LogP contribution in [0.1, 0.15) is 23.7 Å². The highest BCUT2D eigenvalue weighted by atomic mass is 32.1. The third kappa shape index (κ3) is 3.89. The summed E-state index contributed by atoms with van der Waals surface area (Å²) in [5, 5.41) is 6.57. The van der Waals surface area contributed by atoms with Crippen LogP contribution in [-0.4, -0.2) is 25.7 Å². The van der Waals surface area contributed by atoms with E-state index in [9.17, 15) is 4.79 Å². The van der Waals surface area contributed by atoms with Crippen LogP contribution in [0.3, 0.4) is 0 Å². The molecule has 14 heavy (non-hydrogen) atoms. The third-order valence-corrected chi connectivity index (χ3v) is 2.42. The minimum Gasteiger partial charge on any atom is -0.382 e. The summed E-state index contributed by atoms with van der Waals surface area (Å²) in [4.78, 5) is 11.4.